The van der Waals surface area contributed by atoms with Crippen LogP contribution in [0.2, 0.25) is 0 Å². The summed E-state index contributed by atoms with van der Waals surface area (Å²) < 4.78 is 42.2. The lowest BCUT2D eigenvalue weighted by atomic mass is 10.2. The maximum atomic E-state index is 11.7. The molecule has 2 heterocycles. The number of para-hydroxylation sites is 1. The molecule has 0 amide bonds. The fourth-order valence-corrected chi connectivity index (χ4v) is 3.55. The second kappa shape index (κ2) is 7.73. The Kier molecular flexibility index (Phi) is 5.59. The van der Waals surface area contributed by atoms with Gasteiger partial charge in [-0.25, -0.2) is 8.42 Å². The van der Waals surface area contributed by atoms with Gasteiger partial charge < -0.3 is 13.9 Å². The molecule has 3 rings (SSSR count). The highest BCUT2D eigenvalue weighted by Crippen LogP contribution is 2.29. The van der Waals surface area contributed by atoms with Gasteiger partial charge in [-0.3, -0.25) is 0 Å². The Labute approximate surface area is 153 Å². The van der Waals surface area contributed by atoms with Crippen LogP contribution in [-0.4, -0.2) is 48.9 Å². The van der Waals surface area contributed by atoms with Crippen molar-refractivity contribution < 1.29 is 22.3 Å². The maximum absolute atomic E-state index is 11.7. The lowest BCUT2D eigenvalue weighted by molar-refractivity contribution is -0.0186. The van der Waals surface area contributed by atoms with Gasteiger partial charge in [0.25, 0.3) is 5.89 Å². The lowest BCUT2D eigenvalue weighted by Gasteiger charge is -2.29. The van der Waals surface area contributed by atoms with Crippen LogP contribution >= 0.6 is 0 Å². The first-order valence-electron chi connectivity index (χ1n) is 8.50. The Morgan fingerprint density at radius 3 is 2.81 bits per heavy atom. The number of hydrogen-bond donors (Lipinski definition) is 0. The van der Waals surface area contributed by atoms with E-state index in [1.54, 1.807) is 0 Å². The molecule has 0 saturated carbocycles. The average Bonchev–Trinajstić information content (AvgIpc) is 3.10. The number of aryl methyl sites for hydroxylation is 1. The summed E-state index contributed by atoms with van der Waals surface area (Å²) in [5, 5.41) is 8.13. The standard InChI is InChI=1S/C17H23N3O5S/c1-4-13(24-14-8-6-5-7-12(14)2)16-18-19-17(25-16)15-11-20(9-10-23-15)26(3,21)22/h5-8,13,15H,4,9-11H2,1-3H3/t13-,15+/m0/s1. The maximum Gasteiger partial charge on any atom is 0.257 e. The van der Waals surface area contributed by atoms with Crippen LogP contribution in [0.3, 0.4) is 0 Å². The smallest absolute Gasteiger partial charge is 0.257 e. The monoisotopic (exact) mass is 381 g/mol. The van der Waals surface area contributed by atoms with Crippen molar-refractivity contribution >= 4 is 10.0 Å². The van der Waals surface area contributed by atoms with Gasteiger partial charge in [-0.2, -0.15) is 4.31 Å². The highest BCUT2D eigenvalue weighted by atomic mass is 32.2. The van der Waals surface area contributed by atoms with E-state index in [0.29, 0.717) is 18.9 Å². The molecule has 1 aromatic heterocycles. The van der Waals surface area contributed by atoms with E-state index in [2.05, 4.69) is 10.2 Å². The van der Waals surface area contributed by atoms with Gasteiger partial charge in [-0.05, 0) is 25.0 Å². The van der Waals surface area contributed by atoms with Gasteiger partial charge in [-0.1, -0.05) is 25.1 Å². The SMILES string of the molecule is CC[C@H](Oc1ccccc1C)c1nnc([C@H]2CN(S(C)(=O)=O)CCO2)o1. The van der Waals surface area contributed by atoms with E-state index in [4.69, 9.17) is 13.9 Å². The molecule has 26 heavy (non-hydrogen) atoms. The number of rotatable bonds is 6. The Morgan fingerprint density at radius 1 is 1.35 bits per heavy atom. The van der Waals surface area contributed by atoms with Gasteiger partial charge in [-0.15, -0.1) is 10.2 Å². The minimum Gasteiger partial charge on any atom is -0.480 e. The summed E-state index contributed by atoms with van der Waals surface area (Å²) in [6.07, 6.45) is 0.872. The van der Waals surface area contributed by atoms with E-state index in [1.807, 2.05) is 38.1 Å². The van der Waals surface area contributed by atoms with Crippen molar-refractivity contribution in [3.05, 3.63) is 41.6 Å². The molecule has 2 aromatic rings. The molecule has 0 radical (unpaired) electrons. The van der Waals surface area contributed by atoms with Crippen LogP contribution in [0, 0.1) is 6.92 Å². The molecule has 0 bridgehead atoms. The predicted molar refractivity (Wildman–Crippen MR) is 94.2 cm³/mol. The summed E-state index contributed by atoms with van der Waals surface area (Å²) in [7, 11) is -3.29. The van der Waals surface area contributed by atoms with E-state index in [-0.39, 0.29) is 25.1 Å². The third-order valence-electron chi connectivity index (χ3n) is 4.24. The summed E-state index contributed by atoms with van der Waals surface area (Å²) in [4.78, 5) is 0. The fraction of sp³-hybridized carbons (Fsp3) is 0.529. The molecule has 0 spiro atoms. The van der Waals surface area contributed by atoms with E-state index in [1.165, 1.54) is 10.6 Å². The van der Waals surface area contributed by atoms with Gasteiger partial charge >= 0.3 is 0 Å². The third kappa shape index (κ3) is 4.22. The minimum atomic E-state index is -3.29. The van der Waals surface area contributed by atoms with Crippen LogP contribution in [0.25, 0.3) is 0 Å². The van der Waals surface area contributed by atoms with Crippen LogP contribution in [0.15, 0.2) is 28.7 Å². The third-order valence-corrected chi connectivity index (χ3v) is 5.51. The van der Waals surface area contributed by atoms with Crippen molar-refractivity contribution in [1.29, 1.82) is 0 Å². The number of nitrogens with zero attached hydrogens (tertiary/aromatic N) is 3. The molecule has 0 aliphatic carbocycles. The molecule has 1 aromatic carbocycles. The Bertz CT molecular complexity index is 852. The Balaban J connectivity index is 1.74. The van der Waals surface area contributed by atoms with Crippen molar-refractivity contribution in [3.63, 3.8) is 0 Å². The quantitative estimate of drug-likeness (QED) is 0.757. The summed E-state index contributed by atoms with van der Waals surface area (Å²) in [6.45, 7) is 4.71. The molecule has 1 saturated heterocycles. The predicted octanol–water partition coefficient (Wildman–Crippen LogP) is 2.24. The van der Waals surface area contributed by atoms with Crippen molar-refractivity contribution in [1.82, 2.24) is 14.5 Å². The van der Waals surface area contributed by atoms with Crippen LogP contribution in [0.5, 0.6) is 5.75 Å². The molecule has 2 atom stereocenters. The van der Waals surface area contributed by atoms with Crippen LogP contribution in [0.4, 0.5) is 0 Å². The second-order valence-corrected chi connectivity index (χ2v) is 8.22. The van der Waals surface area contributed by atoms with Gasteiger partial charge in [0.05, 0.1) is 12.9 Å². The van der Waals surface area contributed by atoms with Crippen molar-refractivity contribution in [3.8, 4) is 5.75 Å². The highest BCUT2D eigenvalue weighted by molar-refractivity contribution is 7.88. The van der Waals surface area contributed by atoms with Gasteiger partial charge in [0.1, 0.15) is 11.9 Å². The zero-order chi connectivity index (χ0) is 18.7. The lowest BCUT2D eigenvalue weighted by Crippen LogP contribution is -2.41. The van der Waals surface area contributed by atoms with E-state index in [9.17, 15) is 8.42 Å². The molecule has 1 aliphatic rings. The molecule has 142 valence electrons. The topological polar surface area (TPSA) is 94.8 Å². The van der Waals surface area contributed by atoms with Crippen molar-refractivity contribution in [2.75, 3.05) is 26.0 Å². The summed E-state index contributed by atoms with van der Waals surface area (Å²) in [6, 6.07) is 7.71. The van der Waals surface area contributed by atoms with Gasteiger partial charge in [0, 0.05) is 13.1 Å². The number of hydrogen-bond acceptors (Lipinski definition) is 7. The summed E-state index contributed by atoms with van der Waals surface area (Å²) >= 11 is 0. The largest absolute Gasteiger partial charge is 0.480 e. The van der Waals surface area contributed by atoms with Crippen molar-refractivity contribution in [2.45, 2.75) is 32.5 Å². The molecular weight excluding hydrogens is 358 g/mol. The number of sulfonamides is 1. The molecule has 8 nitrogen and oxygen atoms in total. The van der Waals surface area contributed by atoms with Crippen LogP contribution < -0.4 is 4.74 Å². The molecule has 0 unspecified atom stereocenters. The zero-order valence-corrected chi connectivity index (χ0v) is 15.9. The number of morpholine rings is 1. The summed E-state index contributed by atoms with van der Waals surface area (Å²) in [5.41, 5.74) is 1.02. The zero-order valence-electron chi connectivity index (χ0n) is 15.1. The van der Waals surface area contributed by atoms with E-state index >= 15 is 0 Å². The fourth-order valence-electron chi connectivity index (χ4n) is 2.73. The second-order valence-electron chi connectivity index (χ2n) is 6.24. The van der Waals surface area contributed by atoms with E-state index < -0.39 is 16.1 Å². The summed E-state index contributed by atoms with van der Waals surface area (Å²) in [5.74, 6) is 1.38. The van der Waals surface area contributed by atoms with Crippen molar-refractivity contribution in [2.24, 2.45) is 0 Å². The van der Waals surface area contributed by atoms with E-state index in [0.717, 1.165) is 11.3 Å². The number of aromatic nitrogens is 2. The highest BCUT2D eigenvalue weighted by Gasteiger charge is 2.32. The minimum absolute atomic E-state index is 0.163. The first-order chi connectivity index (χ1) is 12.4. The first kappa shape index (κ1) is 18.8. The molecule has 1 aliphatic heterocycles. The molecular formula is C17H23N3O5S. The normalized spacial score (nSPS) is 20.0. The number of ether oxygens (including phenoxy) is 2. The van der Waals surface area contributed by atoms with Gasteiger partial charge in [0.2, 0.25) is 15.9 Å². The van der Waals surface area contributed by atoms with Crippen LogP contribution in [0.1, 0.15) is 42.9 Å². The number of benzene rings is 1. The molecule has 9 heteroatoms. The van der Waals surface area contributed by atoms with Gasteiger partial charge in [0.15, 0.2) is 6.10 Å². The van der Waals surface area contributed by atoms with Crippen LogP contribution in [-0.2, 0) is 14.8 Å². The average molecular weight is 381 g/mol. The Hall–Kier alpha value is -1.97. The molecule has 0 N–H and O–H groups in total. The first-order valence-corrected chi connectivity index (χ1v) is 10.4. The molecule has 1 fully saturated rings. The Morgan fingerprint density at radius 2 is 2.12 bits per heavy atom.